The number of hydrogen-bond donors (Lipinski definition) is 1. The average molecular weight is 418 g/mol. The lowest BCUT2D eigenvalue weighted by atomic mass is 9.76. The van der Waals surface area contributed by atoms with E-state index in [1.807, 2.05) is 37.3 Å². The Labute approximate surface area is 182 Å². The Hall–Kier alpha value is -2.99. The first-order chi connectivity index (χ1) is 14.9. The summed E-state index contributed by atoms with van der Waals surface area (Å²) < 4.78 is 6.20. The van der Waals surface area contributed by atoms with Gasteiger partial charge in [-0.15, -0.1) is 0 Å². The number of aryl methyl sites for hydroxylation is 2. The van der Waals surface area contributed by atoms with Crippen LogP contribution in [0.1, 0.15) is 35.2 Å². The Bertz CT molecular complexity index is 1070. The minimum Gasteiger partial charge on any atom is -0.360 e. The molecule has 1 N–H and O–H groups in total. The second-order valence-corrected chi connectivity index (χ2v) is 8.82. The fourth-order valence-corrected chi connectivity index (χ4v) is 5.24. The van der Waals surface area contributed by atoms with Crippen molar-refractivity contribution >= 4 is 11.8 Å². The van der Waals surface area contributed by atoms with Gasteiger partial charge in [-0.25, -0.2) is 0 Å². The van der Waals surface area contributed by atoms with Crippen molar-refractivity contribution in [3.8, 4) is 0 Å². The highest BCUT2D eigenvalue weighted by Crippen LogP contribution is 2.52. The lowest BCUT2D eigenvalue weighted by molar-refractivity contribution is -0.137. The van der Waals surface area contributed by atoms with Gasteiger partial charge in [0, 0.05) is 18.9 Å². The Morgan fingerprint density at radius 3 is 2.71 bits per heavy atom. The number of aromatic nitrogens is 1. The molecule has 1 aromatic heterocycles. The molecule has 2 aromatic rings. The van der Waals surface area contributed by atoms with E-state index in [2.05, 4.69) is 36.3 Å². The fraction of sp³-hybridized carbons (Fsp3) is 0.400. The molecule has 2 bridgehead atoms. The number of ether oxygens (including phenoxy) is 1. The summed E-state index contributed by atoms with van der Waals surface area (Å²) in [5.41, 5.74) is 3.67. The molecular weight excluding hydrogens is 390 g/mol. The number of fused-ring (bicyclic) bond motifs is 1. The predicted molar refractivity (Wildman–Crippen MR) is 116 cm³/mol. The third-order valence-electron chi connectivity index (χ3n) is 7.05. The number of rotatable bonds is 5. The van der Waals surface area contributed by atoms with Gasteiger partial charge in [0.2, 0.25) is 11.8 Å². The molecule has 0 radical (unpaired) electrons. The number of hydrogen-bond acceptors (Lipinski definition) is 4. The summed E-state index contributed by atoms with van der Waals surface area (Å²) in [5.74, 6) is -1.11. The van der Waals surface area contributed by atoms with E-state index in [1.165, 1.54) is 11.1 Å². The number of carbonyl (C=O) groups excluding carboxylic acids is 2. The van der Waals surface area contributed by atoms with E-state index >= 15 is 0 Å². The Kier molecular flexibility index (Phi) is 4.70. The number of likely N-dealkylation sites (N-methyl/N-ethyl adjacent to an activating group) is 1. The molecule has 6 heteroatoms. The third kappa shape index (κ3) is 3.08. The molecule has 0 aliphatic carbocycles. The predicted octanol–water partition coefficient (Wildman–Crippen LogP) is 2.71. The molecule has 0 unspecified atom stereocenters. The molecule has 2 saturated heterocycles. The van der Waals surface area contributed by atoms with Crippen molar-refractivity contribution < 1.29 is 14.3 Å². The molecule has 1 aromatic carbocycles. The highest BCUT2D eigenvalue weighted by atomic mass is 16.5. The molecule has 3 aliphatic heterocycles. The van der Waals surface area contributed by atoms with Crippen molar-refractivity contribution in [2.75, 3.05) is 13.1 Å². The van der Waals surface area contributed by atoms with Crippen LogP contribution in [0, 0.1) is 25.7 Å². The number of nitrogens with one attached hydrogen (secondary N) is 1. The SMILES string of the molecule is CCN1C[C@@]23C=C[C@@H](O2)[C@H](C(=O)N[C@@H](c2ccncc2)c2ccc(C)c(C)c2)[C@@H]3C1=O. The normalized spacial score (nSPS) is 29.3. The van der Waals surface area contributed by atoms with Crippen molar-refractivity contribution in [1.29, 1.82) is 0 Å². The maximum atomic E-state index is 13.6. The number of pyridine rings is 1. The van der Waals surface area contributed by atoms with Crippen LogP contribution in [0.3, 0.4) is 0 Å². The second-order valence-electron chi connectivity index (χ2n) is 8.82. The summed E-state index contributed by atoms with van der Waals surface area (Å²) in [6, 6.07) is 9.73. The minimum atomic E-state index is -0.660. The van der Waals surface area contributed by atoms with Gasteiger partial charge in [0.1, 0.15) is 5.60 Å². The van der Waals surface area contributed by atoms with Crippen LogP contribution in [0.2, 0.25) is 0 Å². The number of benzene rings is 1. The maximum absolute atomic E-state index is 13.6. The Morgan fingerprint density at radius 1 is 1.23 bits per heavy atom. The first-order valence-corrected chi connectivity index (χ1v) is 10.9. The molecule has 1 spiro atoms. The van der Waals surface area contributed by atoms with Gasteiger partial charge in [0.05, 0.1) is 30.5 Å². The summed E-state index contributed by atoms with van der Waals surface area (Å²) in [4.78, 5) is 32.6. The van der Waals surface area contributed by atoms with Crippen LogP contribution in [0.15, 0.2) is 54.9 Å². The quantitative estimate of drug-likeness (QED) is 0.760. The summed E-state index contributed by atoms with van der Waals surface area (Å²) in [5, 5.41) is 3.23. The van der Waals surface area contributed by atoms with Crippen molar-refractivity contribution in [3.05, 3.63) is 77.1 Å². The smallest absolute Gasteiger partial charge is 0.230 e. The van der Waals surface area contributed by atoms with Crippen LogP contribution >= 0.6 is 0 Å². The van der Waals surface area contributed by atoms with E-state index in [1.54, 1.807) is 17.3 Å². The Balaban J connectivity index is 1.47. The largest absolute Gasteiger partial charge is 0.360 e. The van der Waals surface area contributed by atoms with Gasteiger partial charge < -0.3 is 15.0 Å². The van der Waals surface area contributed by atoms with Gasteiger partial charge in [0.15, 0.2) is 0 Å². The molecule has 4 heterocycles. The van der Waals surface area contributed by atoms with Crippen LogP contribution < -0.4 is 5.32 Å². The first kappa shape index (κ1) is 19.9. The van der Waals surface area contributed by atoms with Gasteiger partial charge in [-0.1, -0.05) is 30.4 Å². The lowest BCUT2D eigenvalue weighted by Gasteiger charge is -2.27. The van der Waals surface area contributed by atoms with E-state index in [0.717, 1.165) is 11.1 Å². The second kappa shape index (κ2) is 7.31. The number of nitrogens with zero attached hydrogens (tertiary/aromatic N) is 2. The highest BCUT2D eigenvalue weighted by molar-refractivity contribution is 5.93. The van der Waals surface area contributed by atoms with Crippen molar-refractivity contribution in [2.24, 2.45) is 11.8 Å². The van der Waals surface area contributed by atoms with Gasteiger partial charge >= 0.3 is 0 Å². The van der Waals surface area contributed by atoms with Crippen LogP contribution in [0.25, 0.3) is 0 Å². The first-order valence-electron chi connectivity index (χ1n) is 10.9. The fourth-order valence-electron chi connectivity index (χ4n) is 5.24. The van der Waals surface area contributed by atoms with Gasteiger partial charge in [-0.2, -0.15) is 0 Å². The zero-order valence-electron chi connectivity index (χ0n) is 18.0. The molecule has 5 rings (SSSR count). The summed E-state index contributed by atoms with van der Waals surface area (Å²) >= 11 is 0. The zero-order chi connectivity index (χ0) is 21.8. The third-order valence-corrected chi connectivity index (χ3v) is 7.05. The molecule has 5 atom stereocenters. The summed E-state index contributed by atoms with van der Waals surface area (Å²) in [6.07, 6.45) is 7.04. The molecule has 160 valence electrons. The number of amides is 2. The van der Waals surface area contributed by atoms with Crippen LogP contribution in [0.4, 0.5) is 0 Å². The van der Waals surface area contributed by atoms with Crippen LogP contribution in [-0.4, -0.2) is 46.5 Å². The molecule has 0 saturated carbocycles. The Morgan fingerprint density at radius 2 is 2.00 bits per heavy atom. The van der Waals surface area contributed by atoms with E-state index in [0.29, 0.717) is 13.1 Å². The average Bonchev–Trinajstić information content (AvgIpc) is 3.42. The molecule has 31 heavy (non-hydrogen) atoms. The topological polar surface area (TPSA) is 71.5 Å². The van der Waals surface area contributed by atoms with E-state index in [-0.39, 0.29) is 24.0 Å². The molecule has 3 aliphatic rings. The van der Waals surface area contributed by atoms with E-state index < -0.39 is 17.4 Å². The molecule has 2 amide bonds. The monoisotopic (exact) mass is 417 g/mol. The zero-order valence-corrected chi connectivity index (χ0v) is 18.0. The van der Waals surface area contributed by atoms with Gasteiger partial charge in [0.25, 0.3) is 0 Å². The summed E-state index contributed by atoms with van der Waals surface area (Å²) in [6.45, 7) is 7.24. The van der Waals surface area contributed by atoms with Crippen LogP contribution in [-0.2, 0) is 14.3 Å². The minimum absolute atomic E-state index is 0.0149. The number of likely N-dealkylation sites (tertiary alicyclic amines) is 1. The van der Waals surface area contributed by atoms with Crippen molar-refractivity contribution in [2.45, 2.75) is 38.5 Å². The van der Waals surface area contributed by atoms with Gasteiger partial charge in [-0.3, -0.25) is 14.6 Å². The molecular formula is C25H27N3O3. The summed E-state index contributed by atoms with van der Waals surface area (Å²) in [7, 11) is 0. The van der Waals surface area contributed by atoms with E-state index in [9.17, 15) is 9.59 Å². The van der Waals surface area contributed by atoms with E-state index in [4.69, 9.17) is 4.74 Å². The van der Waals surface area contributed by atoms with Crippen molar-refractivity contribution in [1.82, 2.24) is 15.2 Å². The maximum Gasteiger partial charge on any atom is 0.230 e. The lowest BCUT2D eigenvalue weighted by Crippen LogP contribution is -2.45. The molecule has 2 fully saturated rings. The van der Waals surface area contributed by atoms with Crippen molar-refractivity contribution in [3.63, 3.8) is 0 Å². The highest BCUT2D eigenvalue weighted by Gasteiger charge is 2.66. The van der Waals surface area contributed by atoms with Crippen LogP contribution in [0.5, 0.6) is 0 Å². The molecule has 6 nitrogen and oxygen atoms in total. The number of carbonyl (C=O) groups is 2. The standard InChI is InChI=1S/C25H27N3O3/c1-4-28-14-25-10-7-19(31-25)20(21(25)24(28)30)23(29)27-22(17-8-11-26-12-9-17)18-6-5-15(2)16(3)13-18/h5-13,19-22H,4,14H2,1-3H3,(H,27,29)/t19-,20+,21-,22+,25-/m1/s1. The van der Waals surface area contributed by atoms with Gasteiger partial charge in [-0.05, 0) is 55.2 Å².